The number of aliphatic hydroxyl groups is 1. The lowest BCUT2D eigenvalue weighted by atomic mass is 9.85. The summed E-state index contributed by atoms with van der Waals surface area (Å²) in [5, 5.41) is 11.0. The highest BCUT2D eigenvalue weighted by atomic mass is 32.2. The van der Waals surface area contributed by atoms with Crippen LogP contribution in [0.2, 0.25) is 0 Å². The molecule has 2 atom stereocenters. The number of fused-ring (bicyclic) bond motifs is 1. The first-order valence-corrected chi connectivity index (χ1v) is 10.8. The second-order valence-corrected chi connectivity index (χ2v) is 9.75. The fourth-order valence-corrected chi connectivity index (χ4v) is 5.27. The number of carbonyl (C=O) groups excluding carboxylic acids is 1. The number of sulfone groups is 1. The minimum absolute atomic E-state index is 0.0379. The Morgan fingerprint density at radius 3 is 2.46 bits per heavy atom. The zero-order chi connectivity index (χ0) is 20.1. The predicted molar refractivity (Wildman–Crippen MR) is 103 cm³/mol. The molecule has 0 bridgehead atoms. The summed E-state index contributed by atoms with van der Waals surface area (Å²) in [5.74, 6) is 0.455. The van der Waals surface area contributed by atoms with E-state index in [4.69, 9.17) is 4.74 Å². The summed E-state index contributed by atoms with van der Waals surface area (Å²) in [7, 11) is -3.72. The van der Waals surface area contributed by atoms with Crippen LogP contribution in [-0.4, -0.2) is 42.6 Å². The van der Waals surface area contributed by atoms with Crippen molar-refractivity contribution in [2.45, 2.75) is 54.2 Å². The fraction of sp³-hybridized carbons (Fsp3) is 0.381. The molecule has 1 N–H and O–H groups in total. The Hall–Kier alpha value is -2.38. The van der Waals surface area contributed by atoms with E-state index in [1.54, 1.807) is 55.1 Å². The van der Waals surface area contributed by atoms with Crippen LogP contribution in [0.15, 0.2) is 58.3 Å². The second kappa shape index (κ2) is 6.60. The van der Waals surface area contributed by atoms with E-state index in [2.05, 4.69) is 0 Å². The van der Waals surface area contributed by atoms with Gasteiger partial charge in [0.05, 0.1) is 15.8 Å². The van der Waals surface area contributed by atoms with E-state index in [9.17, 15) is 18.3 Å². The highest BCUT2D eigenvalue weighted by Crippen LogP contribution is 2.45. The number of ether oxygens (including phenoxy) is 1. The average molecular weight is 401 g/mol. The number of hydrogen-bond donors (Lipinski definition) is 1. The topological polar surface area (TPSA) is 83.9 Å². The molecule has 2 aromatic carbocycles. The number of hydrogen-bond acceptors (Lipinski definition) is 5. The standard InChI is InChI=1S/C21H23NO5S/c1-21(2)20(24)19(22-12-6-9-18(22)23)16-13-15(10-11-17(16)27-21)28(25,26)14-7-4-3-5-8-14/h3-5,7-8,10-11,13,19-20,24H,6,9,12H2,1-2H3/t19-,20+/m0/s1. The van der Waals surface area contributed by atoms with E-state index >= 15 is 0 Å². The zero-order valence-corrected chi connectivity index (χ0v) is 16.6. The van der Waals surface area contributed by atoms with Crippen molar-refractivity contribution in [1.82, 2.24) is 4.90 Å². The molecule has 0 spiro atoms. The van der Waals surface area contributed by atoms with Crippen molar-refractivity contribution >= 4 is 15.7 Å². The summed E-state index contributed by atoms with van der Waals surface area (Å²) in [5.41, 5.74) is -0.375. The van der Waals surface area contributed by atoms with Crippen molar-refractivity contribution in [2.24, 2.45) is 0 Å². The second-order valence-electron chi connectivity index (χ2n) is 7.80. The molecule has 1 fully saturated rings. The lowest BCUT2D eigenvalue weighted by molar-refractivity contribution is -0.139. The van der Waals surface area contributed by atoms with Gasteiger partial charge in [-0.15, -0.1) is 0 Å². The Morgan fingerprint density at radius 1 is 1.11 bits per heavy atom. The third-order valence-electron chi connectivity index (χ3n) is 5.49. The normalized spacial score (nSPS) is 24.0. The van der Waals surface area contributed by atoms with E-state index in [0.717, 1.165) is 6.42 Å². The monoisotopic (exact) mass is 401 g/mol. The molecule has 2 aromatic rings. The maximum absolute atomic E-state index is 13.0. The van der Waals surface area contributed by atoms with E-state index in [1.165, 1.54) is 12.1 Å². The van der Waals surface area contributed by atoms with Gasteiger partial charge in [-0.2, -0.15) is 0 Å². The molecule has 0 aliphatic carbocycles. The van der Waals surface area contributed by atoms with Crippen LogP contribution in [0.1, 0.15) is 38.3 Å². The van der Waals surface area contributed by atoms with Gasteiger partial charge in [-0.25, -0.2) is 8.42 Å². The van der Waals surface area contributed by atoms with Crippen LogP contribution < -0.4 is 4.74 Å². The highest BCUT2D eigenvalue weighted by molar-refractivity contribution is 7.91. The molecule has 0 aromatic heterocycles. The molecule has 2 aliphatic rings. The summed E-state index contributed by atoms with van der Waals surface area (Å²) >= 11 is 0. The molecular formula is C21H23NO5S. The number of rotatable bonds is 3. The summed E-state index contributed by atoms with van der Waals surface area (Å²) < 4.78 is 32.0. The molecule has 0 radical (unpaired) electrons. The van der Waals surface area contributed by atoms with Crippen LogP contribution in [-0.2, 0) is 14.6 Å². The van der Waals surface area contributed by atoms with Gasteiger partial charge in [-0.05, 0) is 50.6 Å². The largest absolute Gasteiger partial charge is 0.485 e. The minimum atomic E-state index is -3.72. The highest BCUT2D eigenvalue weighted by Gasteiger charge is 2.47. The molecule has 0 saturated carbocycles. The van der Waals surface area contributed by atoms with E-state index < -0.39 is 27.6 Å². The minimum Gasteiger partial charge on any atom is -0.485 e. The van der Waals surface area contributed by atoms with Crippen LogP contribution in [0, 0.1) is 0 Å². The molecule has 0 unspecified atom stereocenters. The number of amides is 1. The number of aliphatic hydroxyl groups excluding tert-OH is 1. The van der Waals surface area contributed by atoms with Crippen LogP contribution in [0.5, 0.6) is 5.75 Å². The summed E-state index contributed by atoms with van der Waals surface area (Å²) in [6.07, 6.45) is 0.180. The van der Waals surface area contributed by atoms with Crippen molar-refractivity contribution < 1.29 is 23.1 Å². The van der Waals surface area contributed by atoms with Gasteiger partial charge in [-0.3, -0.25) is 4.79 Å². The van der Waals surface area contributed by atoms with Gasteiger partial charge in [0.25, 0.3) is 0 Å². The van der Waals surface area contributed by atoms with Gasteiger partial charge in [0.2, 0.25) is 15.7 Å². The molecule has 148 valence electrons. The fourth-order valence-electron chi connectivity index (χ4n) is 3.95. The third kappa shape index (κ3) is 2.99. The number of nitrogens with zero attached hydrogens (tertiary/aromatic N) is 1. The molecule has 4 rings (SSSR count). The van der Waals surface area contributed by atoms with E-state index in [1.807, 2.05) is 0 Å². The van der Waals surface area contributed by atoms with Crippen molar-refractivity contribution in [3.8, 4) is 5.75 Å². The Balaban J connectivity index is 1.85. The molecule has 2 aliphatic heterocycles. The number of carbonyl (C=O) groups is 1. The van der Waals surface area contributed by atoms with Crippen molar-refractivity contribution in [3.63, 3.8) is 0 Å². The quantitative estimate of drug-likeness (QED) is 0.855. The Labute approximate surface area is 164 Å². The van der Waals surface area contributed by atoms with Crippen molar-refractivity contribution in [2.75, 3.05) is 6.54 Å². The lowest BCUT2D eigenvalue weighted by Crippen LogP contribution is -2.53. The number of benzene rings is 2. The van der Waals surface area contributed by atoms with Crippen LogP contribution in [0.25, 0.3) is 0 Å². The third-order valence-corrected chi connectivity index (χ3v) is 7.26. The zero-order valence-electron chi connectivity index (χ0n) is 15.8. The maximum atomic E-state index is 13.0. The van der Waals surface area contributed by atoms with Gasteiger partial charge in [0.15, 0.2) is 0 Å². The Morgan fingerprint density at radius 2 is 1.82 bits per heavy atom. The first kappa shape index (κ1) is 19.0. The molecule has 1 amide bonds. The van der Waals surface area contributed by atoms with Crippen molar-refractivity contribution in [3.05, 3.63) is 54.1 Å². The SMILES string of the molecule is CC1(C)Oc2ccc(S(=O)(=O)c3ccccc3)cc2[C@H](N2CCCC2=O)[C@H]1O. The smallest absolute Gasteiger partial charge is 0.223 e. The van der Waals surface area contributed by atoms with Crippen molar-refractivity contribution in [1.29, 1.82) is 0 Å². The maximum Gasteiger partial charge on any atom is 0.223 e. The predicted octanol–water partition coefficient (Wildman–Crippen LogP) is 2.71. The van der Waals surface area contributed by atoms with Crippen LogP contribution in [0.4, 0.5) is 0 Å². The van der Waals surface area contributed by atoms with E-state index in [0.29, 0.717) is 24.3 Å². The summed E-state index contributed by atoms with van der Waals surface area (Å²) in [6.45, 7) is 4.07. The summed E-state index contributed by atoms with van der Waals surface area (Å²) in [4.78, 5) is 14.4. The molecule has 28 heavy (non-hydrogen) atoms. The van der Waals surface area contributed by atoms with Gasteiger partial charge < -0.3 is 14.7 Å². The van der Waals surface area contributed by atoms with Crippen LogP contribution >= 0.6 is 0 Å². The molecule has 7 heteroatoms. The molecule has 2 heterocycles. The Bertz CT molecular complexity index is 1020. The molecule has 1 saturated heterocycles. The van der Waals surface area contributed by atoms with Gasteiger partial charge in [0, 0.05) is 18.5 Å². The Kier molecular flexibility index (Phi) is 4.47. The number of likely N-dealkylation sites (tertiary alicyclic amines) is 1. The first-order chi connectivity index (χ1) is 13.2. The summed E-state index contributed by atoms with van der Waals surface area (Å²) in [6, 6.07) is 12.2. The van der Waals surface area contributed by atoms with Crippen LogP contribution in [0.3, 0.4) is 0 Å². The van der Waals surface area contributed by atoms with Gasteiger partial charge >= 0.3 is 0 Å². The van der Waals surface area contributed by atoms with Gasteiger partial charge in [0.1, 0.15) is 17.5 Å². The van der Waals surface area contributed by atoms with Gasteiger partial charge in [-0.1, -0.05) is 18.2 Å². The van der Waals surface area contributed by atoms with E-state index in [-0.39, 0.29) is 15.7 Å². The lowest BCUT2D eigenvalue weighted by Gasteiger charge is -2.45. The molecule has 6 nitrogen and oxygen atoms in total. The first-order valence-electron chi connectivity index (χ1n) is 9.32. The molecular weight excluding hydrogens is 378 g/mol. The average Bonchev–Trinajstić information content (AvgIpc) is 3.08.